The summed E-state index contributed by atoms with van der Waals surface area (Å²) < 4.78 is 4.82. The van der Waals surface area contributed by atoms with Gasteiger partial charge >= 0.3 is 5.97 Å². The van der Waals surface area contributed by atoms with Crippen molar-refractivity contribution in [2.24, 2.45) is 5.92 Å². The predicted octanol–water partition coefficient (Wildman–Crippen LogP) is 2.07. The zero-order valence-corrected chi connectivity index (χ0v) is 12.4. The molecule has 2 aliphatic heterocycles. The lowest BCUT2D eigenvalue weighted by Gasteiger charge is -2.35. The Labute approximate surface area is 119 Å². The van der Waals surface area contributed by atoms with Crippen molar-refractivity contribution in [1.82, 2.24) is 4.90 Å². The first-order valence-corrected chi connectivity index (χ1v) is 8.33. The Balaban J connectivity index is 1.92. The van der Waals surface area contributed by atoms with Crippen molar-refractivity contribution in [3.8, 4) is 0 Å². The maximum atomic E-state index is 12.4. The molecule has 0 aromatic carbocycles. The first kappa shape index (κ1) is 14.7. The summed E-state index contributed by atoms with van der Waals surface area (Å²) in [4.78, 5) is 25.9. The maximum absolute atomic E-state index is 12.4. The van der Waals surface area contributed by atoms with Crippen molar-refractivity contribution in [3.63, 3.8) is 0 Å². The monoisotopic (exact) mass is 285 g/mol. The maximum Gasteiger partial charge on any atom is 0.328 e. The minimum Gasteiger partial charge on any atom is -0.467 e. The Kier molecular flexibility index (Phi) is 5.55. The fourth-order valence-electron chi connectivity index (χ4n) is 2.93. The molecule has 2 rings (SSSR count). The summed E-state index contributed by atoms with van der Waals surface area (Å²) in [5.41, 5.74) is 0. The van der Waals surface area contributed by atoms with Crippen LogP contribution in [0, 0.1) is 5.92 Å². The van der Waals surface area contributed by atoms with Gasteiger partial charge in [0.25, 0.3) is 0 Å². The molecule has 19 heavy (non-hydrogen) atoms. The van der Waals surface area contributed by atoms with E-state index in [2.05, 4.69) is 0 Å². The Hall–Kier alpha value is -0.710. The summed E-state index contributed by atoms with van der Waals surface area (Å²) in [6, 6.07) is -0.343. The van der Waals surface area contributed by atoms with E-state index in [1.807, 2.05) is 11.8 Å². The highest BCUT2D eigenvalue weighted by Gasteiger charge is 2.33. The van der Waals surface area contributed by atoms with Gasteiger partial charge in [0.1, 0.15) is 6.04 Å². The SMILES string of the molecule is COC(=O)[C@H]1CCCCN1C(=O)CC1CCSCC1. The molecule has 0 aliphatic carbocycles. The van der Waals surface area contributed by atoms with Gasteiger partial charge in [-0.1, -0.05) is 0 Å². The number of ether oxygens (including phenoxy) is 1. The van der Waals surface area contributed by atoms with E-state index < -0.39 is 0 Å². The summed E-state index contributed by atoms with van der Waals surface area (Å²) in [5.74, 6) is 2.73. The normalized spacial score (nSPS) is 25.1. The number of esters is 1. The van der Waals surface area contributed by atoms with E-state index in [1.165, 1.54) is 18.6 Å². The number of methoxy groups -OCH3 is 1. The number of piperidine rings is 1. The van der Waals surface area contributed by atoms with Crippen LogP contribution in [0.15, 0.2) is 0 Å². The van der Waals surface area contributed by atoms with Crippen LogP contribution >= 0.6 is 11.8 Å². The number of nitrogens with zero attached hydrogens (tertiary/aromatic N) is 1. The lowest BCUT2D eigenvalue weighted by molar-refractivity contribution is -0.155. The molecule has 4 nitrogen and oxygen atoms in total. The van der Waals surface area contributed by atoms with E-state index in [-0.39, 0.29) is 17.9 Å². The quantitative estimate of drug-likeness (QED) is 0.745. The fourth-order valence-corrected chi connectivity index (χ4v) is 4.13. The molecule has 0 bridgehead atoms. The first-order chi connectivity index (χ1) is 9.22. The lowest BCUT2D eigenvalue weighted by Crippen LogP contribution is -2.48. The third-order valence-corrected chi connectivity index (χ3v) is 5.15. The summed E-state index contributed by atoms with van der Waals surface area (Å²) in [6.07, 6.45) is 5.62. The van der Waals surface area contributed by atoms with Gasteiger partial charge in [-0.25, -0.2) is 4.79 Å². The van der Waals surface area contributed by atoms with Gasteiger partial charge in [-0.2, -0.15) is 11.8 Å². The van der Waals surface area contributed by atoms with Crippen LogP contribution < -0.4 is 0 Å². The molecular weight excluding hydrogens is 262 g/mol. The second-order valence-electron chi connectivity index (χ2n) is 5.38. The van der Waals surface area contributed by atoms with Crippen LogP contribution in [-0.2, 0) is 14.3 Å². The predicted molar refractivity (Wildman–Crippen MR) is 76.0 cm³/mol. The number of hydrogen-bond donors (Lipinski definition) is 0. The van der Waals surface area contributed by atoms with Crippen LogP contribution in [0.4, 0.5) is 0 Å². The number of carbonyl (C=O) groups excluding carboxylic acids is 2. The summed E-state index contributed by atoms with van der Waals surface area (Å²) in [7, 11) is 1.40. The molecule has 2 saturated heterocycles. The molecule has 0 N–H and O–H groups in total. The molecule has 0 saturated carbocycles. The molecule has 1 amide bonds. The van der Waals surface area contributed by atoms with Crippen molar-refractivity contribution >= 4 is 23.6 Å². The van der Waals surface area contributed by atoms with Crippen LogP contribution in [-0.4, -0.2) is 48.0 Å². The van der Waals surface area contributed by atoms with Crippen LogP contribution in [0.3, 0.4) is 0 Å². The van der Waals surface area contributed by atoms with Gasteiger partial charge in [-0.15, -0.1) is 0 Å². The zero-order chi connectivity index (χ0) is 13.7. The number of thioether (sulfide) groups is 1. The lowest BCUT2D eigenvalue weighted by atomic mass is 9.95. The minimum atomic E-state index is -0.343. The molecule has 0 aromatic heterocycles. The average Bonchev–Trinajstić information content (AvgIpc) is 2.47. The van der Waals surface area contributed by atoms with Gasteiger partial charge in [0.05, 0.1) is 7.11 Å². The number of likely N-dealkylation sites (tertiary alicyclic amines) is 1. The molecule has 1 atom stereocenters. The van der Waals surface area contributed by atoms with E-state index in [9.17, 15) is 9.59 Å². The molecule has 0 unspecified atom stereocenters. The van der Waals surface area contributed by atoms with E-state index in [0.717, 1.165) is 32.1 Å². The zero-order valence-electron chi connectivity index (χ0n) is 11.6. The topological polar surface area (TPSA) is 46.6 Å². The standard InChI is InChI=1S/C14H23NO3S/c1-18-14(17)12-4-2-3-7-15(12)13(16)10-11-5-8-19-9-6-11/h11-12H,2-10H2,1H3/t12-/m1/s1. The molecular formula is C14H23NO3S. The molecule has 2 aliphatic rings. The van der Waals surface area contributed by atoms with Gasteiger partial charge < -0.3 is 9.64 Å². The van der Waals surface area contributed by atoms with Gasteiger partial charge in [-0.05, 0) is 49.5 Å². The van der Waals surface area contributed by atoms with Gasteiger partial charge in [-0.3, -0.25) is 4.79 Å². The van der Waals surface area contributed by atoms with Crippen molar-refractivity contribution in [2.75, 3.05) is 25.2 Å². The average molecular weight is 285 g/mol. The third kappa shape index (κ3) is 3.88. The number of amides is 1. The van der Waals surface area contributed by atoms with Crippen LogP contribution in [0.5, 0.6) is 0 Å². The van der Waals surface area contributed by atoms with E-state index in [0.29, 0.717) is 18.9 Å². The van der Waals surface area contributed by atoms with Crippen molar-refractivity contribution < 1.29 is 14.3 Å². The Morgan fingerprint density at radius 2 is 1.95 bits per heavy atom. The highest BCUT2D eigenvalue weighted by Crippen LogP contribution is 2.27. The Morgan fingerprint density at radius 3 is 2.63 bits per heavy atom. The Bertz CT molecular complexity index is 329. The van der Waals surface area contributed by atoms with Crippen molar-refractivity contribution in [1.29, 1.82) is 0 Å². The van der Waals surface area contributed by atoms with Gasteiger partial charge in [0.15, 0.2) is 0 Å². The molecule has 2 heterocycles. The first-order valence-electron chi connectivity index (χ1n) is 7.17. The second-order valence-corrected chi connectivity index (χ2v) is 6.61. The fraction of sp³-hybridized carbons (Fsp3) is 0.857. The van der Waals surface area contributed by atoms with Crippen molar-refractivity contribution in [3.05, 3.63) is 0 Å². The third-order valence-electron chi connectivity index (χ3n) is 4.10. The molecule has 0 radical (unpaired) electrons. The largest absolute Gasteiger partial charge is 0.467 e. The van der Waals surface area contributed by atoms with Crippen LogP contribution in [0.25, 0.3) is 0 Å². The molecule has 0 spiro atoms. The van der Waals surface area contributed by atoms with Gasteiger partial charge in [0.2, 0.25) is 5.91 Å². The molecule has 0 aromatic rings. The van der Waals surface area contributed by atoms with E-state index in [4.69, 9.17) is 4.74 Å². The van der Waals surface area contributed by atoms with E-state index in [1.54, 1.807) is 4.90 Å². The Morgan fingerprint density at radius 1 is 1.21 bits per heavy atom. The smallest absolute Gasteiger partial charge is 0.328 e. The highest BCUT2D eigenvalue weighted by atomic mass is 32.2. The summed E-state index contributed by atoms with van der Waals surface area (Å²) in [6.45, 7) is 0.708. The molecule has 2 fully saturated rings. The number of rotatable bonds is 3. The van der Waals surface area contributed by atoms with Gasteiger partial charge in [0, 0.05) is 13.0 Å². The summed E-state index contributed by atoms with van der Waals surface area (Å²) in [5, 5.41) is 0. The minimum absolute atomic E-state index is 0.145. The second kappa shape index (κ2) is 7.17. The van der Waals surface area contributed by atoms with Crippen LogP contribution in [0.1, 0.15) is 38.5 Å². The molecule has 108 valence electrons. The number of carbonyl (C=O) groups is 2. The highest BCUT2D eigenvalue weighted by molar-refractivity contribution is 7.99. The number of hydrogen-bond acceptors (Lipinski definition) is 4. The van der Waals surface area contributed by atoms with Crippen molar-refractivity contribution in [2.45, 2.75) is 44.6 Å². The molecule has 5 heteroatoms. The van der Waals surface area contributed by atoms with Crippen LogP contribution in [0.2, 0.25) is 0 Å². The van der Waals surface area contributed by atoms with E-state index >= 15 is 0 Å². The summed E-state index contributed by atoms with van der Waals surface area (Å²) >= 11 is 1.97.